The summed E-state index contributed by atoms with van der Waals surface area (Å²) in [6.07, 6.45) is 28.7. The van der Waals surface area contributed by atoms with Crippen molar-refractivity contribution >= 4 is 0 Å². The zero-order chi connectivity index (χ0) is 23.8. The van der Waals surface area contributed by atoms with Crippen LogP contribution in [0.3, 0.4) is 0 Å². The normalized spacial score (nSPS) is 13.0. The van der Waals surface area contributed by atoms with E-state index >= 15 is 0 Å². The largest absolute Gasteiger partial charge is 0.343 e. The van der Waals surface area contributed by atoms with Gasteiger partial charge in [0.2, 0.25) is 0 Å². The SMILES string of the molecule is CCCCCCCCCCCCCCCCCCCCCCNC(CC)NCC(O)(O)O. The minimum absolute atomic E-state index is 0.00106. The van der Waals surface area contributed by atoms with Gasteiger partial charge in [-0.2, -0.15) is 0 Å². The van der Waals surface area contributed by atoms with E-state index in [-0.39, 0.29) is 12.7 Å². The first-order valence-corrected chi connectivity index (χ1v) is 14.1. The van der Waals surface area contributed by atoms with E-state index in [1.807, 2.05) is 6.92 Å². The van der Waals surface area contributed by atoms with Crippen LogP contribution < -0.4 is 10.6 Å². The number of nitrogens with one attached hydrogen (secondary N) is 2. The Morgan fingerprint density at radius 3 is 1.16 bits per heavy atom. The lowest BCUT2D eigenvalue weighted by molar-refractivity contribution is -0.307. The molecule has 5 N–H and O–H groups in total. The van der Waals surface area contributed by atoms with Crippen LogP contribution in [-0.2, 0) is 0 Å². The number of aliphatic hydroxyl groups is 3. The van der Waals surface area contributed by atoms with Crippen LogP contribution in [0.15, 0.2) is 0 Å². The lowest BCUT2D eigenvalue weighted by Gasteiger charge is -2.22. The van der Waals surface area contributed by atoms with Crippen LogP contribution in [0, 0.1) is 0 Å². The number of hydrogen-bond donors (Lipinski definition) is 5. The second-order valence-electron chi connectivity index (χ2n) is 9.79. The molecule has 1 unspecified atom stereocenters. The second kappa shape index (κ2) is 23.9. The van der Waals surface area contributed by atoms with E-state index in [0.29, 0.717) is 0 Å². The molecule has 0 bridgehead atoms. The van der Waals surface area contributed by atoms with E-state index in [2.05, 4.69) is 17.6 Å². The molecule has 0 aromatic rings. The predicted molar refractivity (Wildman–Crippen MR) is 137 cm³/mol. The van der Waals surface area contributed by atoms with E-state index in [4.69, 9.17) is 15.3 Å². The predicted octanol–water partition coefficient (Wildman–Crippen LogP) is 6.35. The first-order valence-electron chi connectivity index (χ1n) is 14.1. The number of hydrogen-bond acceptors (Lipinski definition) is 5. The summed E-state index contributed by atoms with van der Waals surface area (Å²) in [6, 6.07) is 0. The summed E-state index contributed by atoms with van der Waals surface area (Å²) < 4.78 is 0. The summed E-state index contributed by atoms with van der Waals surface area (Å²) in [5, 5.41) is 33.1. The number of unbranched alkanes of at least 4 members (excludes halogenated alkanes) is 19. The smallest absolute Gasteiger partial charge is 0.288 e. The van der Waals surface area contributed by atoms with Gasteiger partial charge in [0.15, 0.2) is 0 Å². The van der Waals surface area contributed by atoms with Crippen molar-refractivity contribution < 1.29 is 15.3 Å². The lowest BCUT2D eigenvalue weighted by atomic mass is 10.0. The molecule has 5 nitrogen and oxygen atoms in total. The molecule has 0 aliphatic rings. The van der Waals surface area contributed by atoms with E-state index in [1.165, 1.54) is 122 Å². The van der Waals surface area contributed by atoms with E-state index in [1.54, 1.807) is 0 Å². The van der Waals surface area contributed by atoms with Crippen LogP contribution in [0.1, 0.15) is 149 Å². The molecule has 0 aromatic heterocycles. The Morgan fingerprint density at radius 2 is 0.844 bits per heavy atom. The number of rotatable bonds is 26. The minimum atomic E-state index is -2.64. The van der Waals surface area contributed by atoms with Crippen LogP contribution in [0.5, 0.6) is 0 Å². The van der Waals surface area contributed by atoms with Gasteiger partial charge in [-0.15, -0.1) is 0 Å². The topological polar surface area (TPSA) is 84.8 Å². The van der Waals surface area contributed by atoms with Crippen LogP contribution in [0.25, 0.3) is 0 Å². The Kier molecular flexibility index (Phi) is 23.8. The molecular formula is C27H58N2O3. The van der Waals surface area contributed by atoms with Crippen molar-refractivity contribution in [1.82, 2.24) is 10.6 Å². The highest BCUT2D eigenvalue weighted by atomic mass is 16.7. The molecule has 0 rings (SSSR count). The molecule has 0 spiro atoms. The third-order valence-electron chi connectivity index (χ3n) is 6.41. The standard InChI is InChI=1S/C27H58N2O3/c1-3-5-6-7-8-9-10-11-12-13-14-15-16-17-18-19-20-21-22-23-24-28-26(4-2)29-25-27(30,31)32/h26,28-32H,3-25H2,1-2H3. The van der Waals surface area contributed by atoms with Gasteiger partial charge in [0, 0.05) is 0 Å². The highest BCUT2D eigenvalue weighted by Gasteiger charge is 2.19. The maximum atomic E-state index is 8.93. The van der Waals surface area contributed by atoms with E-state index in [0.717, 1.165) is 19.4 Å². The highest BCUT2D eigenvalue weighted by Crippen LogP contribution is 2.14. The average molecular weight is 459 g/mol. The molecule has 0 saturated carbocycles. The molecular weight excluding hydrogens is 400 g/mol. The molecule has 1 atom stereocenters. The Hall–Kier alpha value is -0.200. The van der Waals surface area contributed by atoms with Gasteiger partial charge in [0.1, 0.15) is 0 Å². The van der Waals surface area contributed by atoms with Crippen LogP contribution in [0.4, 0.5) is 0 Å². The molecule has 32 heavy (non-hydrogen) atoms. The van der Waals surface area contributed by atoms with Gasteiger partial charge in [0.05, 0.1) is 12.7 Å². The molecule has 194 valence electrons. The zero-order valence-electron chi connectivity index (χ0n) is 21.7. The molecule has 5 heteroatoms. The maximum absolute atomic E-state index is 8.93. The fourth-order valence-electron chi connectivity index (χ4n) is 4.28. The summed E-state index contributed by atoms with van der Waals surface area (Å²) in [7, 11) is 0. The Balaban J connectivity index is 3.19. The average Bonchev–Trinajstić information content (AvgIpc) is 2.76. The molecule has 0 aliphatic carbocycles. The van der Waals surface area contributed by atoms with Crippen molar-refractivity contribution in [2.75, 3.05) is 13.1 Å². The van der Waals surface area contributed by atoms with Gasteiger partial charge in [-0.05, 0) is 19.4 Å². The summed E-state index contributed by atoms with van der Waals surface area (Å²) in [5.74, 6) is -2.64. The fourth-order valence-corrected chi connectivity index (χ4v) is 4.28. The van der Waals surface area contributed by atoms with Gasteiger partial charge >= 0.3 is 0 Å². The van der Waals surface area contributed by atoms with Crippen molar-refractivity contribution in [2.45, 2.75) is 161 Å². The maximum Gasteiger partial charge on any atom is 0.288 e. The minimum Gasteiger partial charge on any atom is -0.343 e. The van der Waals surface area contributed by atoms with Crippen LogP contribution >= 0.6 is 0 Å². The van der Waals surface area contributed by atoms with Gasteiger partial charge in [0.25, 0.3) is 5.97 Å². The third kappa shape index (κ3) is 26.1. The first-order chi connectivity index (χ1) is 15.5. The van der Waals surface area contributed by atoms with Crippen molar-refractivity contribution in [2.24, 2.45) is 0 Å². The van der Waals surface area contributed by atoms with Crippen LogP contribution in [-0.4, -0.2) is 40.5 Å². The zero-order valence-corrected chi connectivity index (χ0v) is 21.7. The molecule has 0 amide bonds. The summed E-state index contributed by atoms with van der Waals surface area (Å²) in [6.45, 7) is 4.97. The highest BCUT2D eigenvalue weighted by molar-refractivity contribution is 4.65. The van der Waals surface area contributed by atoms with Crippen molar-refractivity contribution in [3.05, 3.63) is 0 Å². The van der Waals surface area contributed by atoms with Crippen molar-refractivity contribution in [3.8, 4) is 0 Å². The van der Waals surface area contributed by atoms with Gasteiger partial charge in [-0.1, -0.05) is 136 Å². The molecule has 0 aromatic carbocycles. The summed E-state index contributed by atoms with van der Waals surface area (Å²) >= 11 is 0. The molecule has 0 radical (unpaired) electrons. The van der Waals surface area contributed by atoms with E-state index in [9.17, 15) is 0 Å². The van der Waals surface area contributed by atoms with E-state index < -0.39 is 5.97 Å². The summed E-state index contributed by atoms with van der Waals surface area (Å²) in [4.78, 5) is 0. The van der Waals surface area contributed by atoms with Gasteiger partial charge in [-0.25, -0.2) is 0 Å². The monoisotopic (exact) mass is 458 g/mol. The van der Waals surface area contributed by atoms with Crippen LogP contribution in [0.2, 0.25) is 0 Å². The van der Waals surface area contributed by atoms with Crippen molar-refractivity contribution in [3.63, 3.8) is 0 Å². The molecule has 0 heterocycles. The molecule has 0 saturated heterocycles. The first kappa shape index (κ1) is 31.8. The van der Waals surface area contributed by atoms with Crippen molar-refractivity contribution in [1.29, 1.82) is 0 Å². The Bertz CT molecular complexity index is 361. The Labute approximate surface area is 200 Å². The quantitative estimate of drug-likeness (QED) is 0.0770. The molecule has 0 aliphatic heterocycles. The van der Waals surface area contributed by atoms with Gasteiger partial charge < -0.3 is 20.6 Å². The molecule has 0 fully saturated rings. The lowest BCUT2D eigenvalue weighted by Crippen LogP contribution is -2.49. The third-order valence-corrected chi connectivity index (χ3v) is 6.41. The summed E-state index contributed by atoms with van der Waals surface area (Å²) in [5.41, 5.74) is 0. The van der Waals surface area contributed by atoms with Gasteiger partial charge in [-0.3, -0.25) is 5.32 Å². The second-order valence-corrected chi connectivity index (χ2v) is 9.79. The fraction of sp³-hybridized carbons (Fsp3) is 1.00. The Morgan fingerprint density at radius 1 is 0.500 bits per heavy atom.